The van der Waals surface area contributed by atoms with Crippen molar-refractivity contribution < 1.29 is 0 Å². The van der Waals surface area contributed by atoms with E-state index in [4.69, 9.17) is 28.9 Å². The summed E-state index contributed by atoms with van der Waals surface area (Å²) in [5.74, 6) is 0.417. The fourth-order valence-corrected chi connectivity index (χ4v) is 3.48. The van der Waals surface area contributed by atoms with Gasteiger partial charge in [0, 0.05) is 16.1 Å². The molecule has 2 aromatic rings. The van der Waals surface area contributed by atoms with E-state index in [1.807, 2.05) is 12.1 Å². The number of hydrogen-bond acceptors (Lipinski definition) is 1. The number of aryl methyl sites for hydroxylation is 1. The summed E-state index contributed by atoms with van der Waals surface area (Å²) in [6, 6.07) is 14.1. The van der Waals surface area contributed by atoms with Gasteiger partial charge in [0.2, 0.25) is 0 Å². The highest BCUT2D eigenvalue weighted by Crippen LogP contribution is 2.36. The molecule has 0 spiro atoms. The predicted octanol–water partition coefficient (Wildman–Crippen LogP) is 4.80. The lowest BCUT2D eigenvalue weighted by molar-refractivity contribution is 0.382. The van der Waals surface area contributed by atoms with Gasteiger partial charge in [-0.15, -0.1) is 0 Å². The first-order valence-corrected chi connectivity index (χ1v) is 7.68. The molecule has 20 heavy (non-hydrogen) atoms. The van der Waals surface area contributed by atoms with Gasteiger partial charge in [-0.2, -0.15) is 0 Å². The van der Waals surface area contributed by atoms with Crippen molar-refractivity contribution in [2.75, 3.05) is 0 Å². The third-order valence-electron chi connectivity index (χ3n) is 4.21. The van der Waals surface area contributed by atoms with Gasteiger partial charge in [0.1, 0.15) is 0 Å². The van der Waals surface area contributed by atoms with Crippen molar-refractivity contribution in [3.8, 4) is 0 Å². The highest BCUT2D eigenvalue weighted by atomic mass is 35.5. The Morgan fingerprint density at radius 1 is 1.05 bits per heavy atom. The van der Waals surface area contributed by atoms with E-state index in [1.54, 1.807) is 6.07 Å². The van der Waals surface area contributed by atoms with E-state index in [0.717, 1.165) is 24.8 Å². The largest absolute Gasteiger partial charge is 0.324 e. The van der Waals surface area contributed by atoms with Gasteiger partial charge in [0.05, 0.1) is 0 Å². The molecule has 2 N–H and O–H groups in total. The molecule has 3 rings (SSSR count). The number of halogens is 2. The van der Waals surface area contributed by atoms with Crippen LogP contribution >= 0.6 is 23.2 Å². The molecule has 0 radical (unpaired) electrons. The van der Waals surface area contributed by atoms with Crippen LogP contribution in [0.4, 0.5) is 0 Å². The maximum absolute atomic E-state index is 6.45. The molecule has 104 valence electrons. The van der Waals surface area contributed by atoms with Gasteiger partial charge < -0.3 is 5.73 Å². The van der Waals surface area contributed by atoms with E-state index >= 15 is 0 Å². The Kier molecular flexibility index (Phi) is 4.02. The van der Waals surface area contributed by atoms with Crippen molar-refractivity contribution in [1.29, 1.82) is 0 Å². The second-order valence-corrected chi connectivity index (χ2v) is 6.31. The van der Waals surface area contributed by atoms with Crippen molar-refractivity contribution in [2.45, 2.75) is 25.3 Å². The van der Waals surface area contributed by atoms with Gasteiger partial charge in [-0.3, -0.25) is 0 Å². The fourth-order valence-electron chi connectivity index (χ4n) is 3.06. The van der Waals surface area contributed by atoms with Gasteiger partial charge in [0.25, 0.3) is 0 Å². The molecular weight excluding hydrogens is 289 g/mol. The van der Waals surface area contributed by atoms with Gasteiger partial charge in [-0.25, -0.2) is 0 Å². The first-order chi connectivity index (χ1) is 9.65. The summed E-state index contributed by atoms with van der Waals surface area (Å²) in [5, 5.41) is 1.40. The van der Waals surface area contributed by atoms with Crippen molar-refractivity contribution in [2.24, 2.45) is 11.7 Å². The van der Waals surface area contributed by atoms with Crippen LogP contribution < -0.4 is 5.73 Å². The van der Waals surface area contributed by atoms with E-state index in [9.17, 15) is 0 Å². The minimum atomic E-state index is -0.0606. The third-order valence-corrected chi connectivity index (χ3v) is 4.79. The average molecular weight is 306 g/mol. The molecule has 2 atom stereocenters. The van der Waals surface area contributed by atoms with Crippen molar-refractivity contribution >= 4 is 23.2 Å². The van der Waals surface area contributed by atoms with E-state index in [0.29, 0.717) is 16.0 Å². The van der Waals surface area contributed by atoms with E-state index < -0.39 is 0 Å². The van der Waals surface area contributed by atoms with Gasteiger partial charge in [-0.05, 0) is 60.1 Å². The van der Waals surface area contributed by atoms with Crippen LogP contribution in [0.3, 0.4) is 0 Å². The zero-order chi connectivity index (χ0) is 14.1. The lowest BCUT2D eigenvalue weighted by Gasteiger charge is -2.30. The topological polar surface area (TPSA) is 26.0 Å². The number of hydrogen-bond donors (Lipinski definition) is 1. The number of fused-ring (bicyclic) bond motifs is 1. The highest BCUT2D eigenvalue weighted by molar-refractivity contribution is 6.33. The van der Waals surface area contributed by atoms with Crippen LogP contribution in [0.2, 0.25) is 10.0 Å². The van der Waals surface area contributed by atoms with E-state index in [1.165, 1.54) is 11.1 Å². The first kappa shape index (κ1) is 13.9. The molecule has 0 aromatic heterocycles. The lowest BCUT2D eigenvalue weighted by Crippen LogP contribution is -2.27. The summed E-state index contributed by atoms with van der Waals surface area (Å²) >= 11 is 12.3. The van der Waals surface area contributed by atoms with Crippen LogP contribution in [-0.4, -0.2) is 0 Å². The Labute approximate surface area is 129 Å². The smallest absolute Gasteiger partial charge is 0.0454 e. The van der Waals surface area contributed by atoms with Crippen molar-refractivity contribution in [1.82, 2.24) is 0 Å². The van der Waals surface area contributed by atoms with Crippen LogP contribution in [-0.2, 0) is 12.8 Å². The average Bonchev–Trinajstić information content (AvgIpc) is 2.48. The van der Waals surface area contributed by atoms with E-state index in [-0.39, 0.29) is 6.04 Å². The predicted molar refractivity (Wildman–Crippen MR) is 85.3 cm³/mol. The molecule has 0 saturated heterocycles. The summed E-state index contributed by atoms with van der Waals surface area (Å²) in [5.41, 5.74) is 10.3. The minimum Gasteiger partial charge on any atom is -0.324 e. The maximum Gasteiger partial charge on any atom is 0.0454 e. The van der Waals surface area contributed by atoms with Crippen LogP contribution in [0.25, 0.3) is 0 Å². The maximum atomic E-state index is 6.45. The van der Waals surface area contributed by atoms with Crippen molar-refractivity contribution in [3.05, 3.63) is 69.2 Å². The molecular formula is C17H17Cl2N. The molecule has 0 fully saturated rings. The second-order valence-electron chi connectivity index (χ2n) is 5.46. The standard InChI is InChI=1S/C17H17Cl2N/c18-14-7-8-16(19)15(10-14)17(20)13-6-5-11-3-1-2-4-12(11)9-13/h1-4,7-8,10,13,17H,5-6,9,20H2. The molecule has 1 aliphatic carbocycles. The molecule has 1 aliphatic rings. The number of benzene rings is 2. The Balaban J connectivity index is 1.85. The molecule has 3 heteroatoms. The van der Waals surface area contributed by atoms with Crippen LogP contribution in [0, 0.1) is 5.92 Å². The quantitative estimate of drug-likeness (QED) is 0.847. The molecule has 0 amide bonds. The van der Waals surface area contributed by atoms with Gasteiger partial charge in [-0.1, -0.05) is 47.5 Å². The summed E-state index contributed by atoms with van der Waals surface area (Å²) in [6.45, 7) is 0. The van der Waals surface area contributed by atoms with Gasteiger partial charge in [0.15, 0.2) is 0 Å². The molecule has 2 aromatic carbocycles. The zero-order valence-corrected chi connectivity index (χ0v) is 12.7. The lowest BCUT2D eigenvalue weighted by atomic mass is 9.78. The van der Waals surface area contributed by atoms with E-state index in [2.05, 4.69) is 24.3 Å². The van der Waals surface area contributed by atoms with Gasteiger partial charge >= 0.3 is 0 Å². The monoisotopic (exact) mass is 305 g/mol. The van der Waals surface area contributed by atoms with Crippen LogP contribution in [0.5, 0.6) is 0 Å². The SMILES string of the molecule is NC(c1cc(Cl)ccc1Cl)C1CCc2ccccc2C1. The second kappa shape index (κ2) is 5.77. The van der Waals surface area contributed by atoms with Crippen molar-refractivity contribution in [3.63, 3.8) is 0 Å². The molecule has 0 aliphatic heterocycles. The zero-order valence-electron chi connectivity index (χ0n) is 11.2. The molecule has 0 saturated carbocycles. The Morgan fingerprint density at radius 3 is 2.60 bits per heavy atom. The normalized spacial score (nSPS) is 19.4. The molecule has 1 nitrogen and oxygen atoms in total. The molecule has 2 unspecified atom stereocenters. The third kappa shape index (κ3) is 2.71. The summed E-state index contributed by atoms with van der Waals surface area (Å²) in [6.07, 6.45) is 3.20. The Bertz CT molecular complexity index is 624. The minimum absolute atomic E-state index is 0.0606. The number of rotatable bonds is 2. The summed E-state index contributed by atoms with van der Waals surface area (Å²) < 4.78 is 0. The Hall–Kier alpha value is -1.02. The highest BCUT2D eigenvalue weighted by Gasteiger charge is 2.26. The fraction of sp³-hybridized carbons (Fsp3) is 0.294. The first-order valence-electron chi connectivity index (χ1n) is 6.92. The van der Waals surface area contributed by atoms with Crippen LogP contribution in [0.1, 0.15) is 29.2 Å². The number of nitrogens with two attached hydrogens (primary N) is 1. The summed E-state index contributed by atoms with van der Waals surface area (Å²) in [7, 11) is 0. The van der Waals surface area contributed by atoms with Crippen LogP contribution in [0.15, 0.2) is 42.5 Å². The molecule has 0 heterocycles. The summed E-state index contributed by atoms with van der Waals surface area (Å²) in [4.78, 5) is 0. The Morgan fingerprint density at radius 2 is 1.80 bits per heavy atom. The molecule has 0 bridgehead atoms.